The molecule has 0 radical (unpaired) electrons. The molecule has 0 spiro atoms. The van der Waals surface area contributed by atoms with E-state index in [1.54, 1.807) is 0 Å². The van der Waals surface area contributed by atoms with E-state index in [0.29, 0.717) is 5.56 Å². The molecule has 2 rings (SSSR count). The van der Waals surface area contributed by atoms with Crippen molar-refractivity contribution in [2.24, 2.45) is 5.10 Å². The lowest BCUT2D eigenvalue weighted by Gasteiger charge is -2.21. The van der Waals surface area contributed by atoms with Crippen molar-refractivity contribution in [3.8, 4) is 0 Å². The molecule has 1 aliphatic rings. The van der Waals surface area contributed by atoms with Gasteiger partial charge >= 0.3 is 6.18 Å². The zero-order chi connectivity index (χ0) is 14.8. The molecule has 5 nitrogen and oxygen atoms in total. The number of benzene rings is 1. The predicted molar refractivity (Wildman–Crippen MR) is 63.8 cm³/mol. The first kappa shape index (κ1) is 14.0. The highest BCUT2D eigenvalue weighted by atomic mass is 19.4. The Labute approximate surface area is 112 Å². The van der Waals surface area contributed by atoms with E-state index in [1.165, 1.54) is 18.3 Å². The Morgan fingerprint density at radius 2 is 1.85 bits per heavy atom. The van der Waals surface area contributed by atoms with Crippen LogP contribution in [0.1, 0.15) is 11.1 Å². The molecule has 1 fully saturated rings. The molecule has 0 atom stereocenters. The number of hydrazone groups is 1. The van der Waals surface area contributed by atoms with Crippen molar-refractivity contribution in [1.82, 2.24) is 10.3 Å². The van der Waals surface area contributed by atoms with Gasteiger partial charge in [-0.3, -0.25) is 9.59 Å². The average molecular weight is 285 g/mol. The van der Waals surface area contributed by atoms with Gasteiger partial charge in [0.25, 0.3) is 5.91 Å². The Hall–Kier alpha value is -2.38. The Balaban J connectivity index is 2.07. The maximum absolute atomic E-state index is 12.4. The molecule has 1 aliphatic heterocycles. The third-order valence-corrected chi connectivity index (χ3v) is 2.60. The smallest absolute Gasteiger partial charge is 0.345 e. The largest absolute Gasteiger partial charge is 0.416 e. The molecule has 1 saturated heterocycles. The van der Waals surface area contributed by atoms with Crippen LogP contribution in [0.5, 0.6) is 0 Å². The molecule has 0 aliphatic carbocycles. The average Bonchev–Trinajstić information content (AvgIpc) is 2.39. The maximum atomic E-state index is 12.4. The normalized spacial score (nSPS) is 16.6. The SMILES string of the molecule is O=C1CN(N=Cc2ccc(C(F)(F)F)cc2)C(=O)CN1. The summed E-state index contributed by atoms with van der Waals surface area (Å²) in [5.41, 5.74) is -0.361. The first-order valence-corrected chi connectivity index (χ1v) is 5.64. The van der Waals surface area contributed by atoms with E-state index in [4.69, 9.17) is 0 Å². The van der Waals surface area contributed by atoms with Crippen LogP contribution in [0.3, 0.4) is 0 Å². The topological polar surface area (TPSA) is 61.8 Å². The van der Waals surface area contributed by atoms with Crippen LogP contribution in [0.25, 0.3) is 0 Å². The molecular formula is C12H10F3N3O2. The number of rotatable bonds is 2. The highest BCUT2D eigenvalue weighted by molar-refractivity contribution is 5.93. The zero-order valence-corrected chi connectivity index (χ0v) is 10.1. The molecule has 1 aromatic carbocycles. The summed E-state index contributed by atoms with van der Waals surface area (Å²) in [6, 6.07) is 4.32. The number of halogens is 3. The minimum atomic E-state index is -4.39. The molecule has 1 N–H and O–H groups in total. The van der Waals surface area contributed by atoms with E-state index in [1.807, 2.05) is 0 Å². The van der Waals surface area contributed by atoms with Gasteiger partial charge in [0.2, 0.25) is 5.91 Å². The van der Waals surface area contributed by atoms with Crippen LogP contribution in [-0.4, -0.2) is 36.1 Å². The maximum Gasteiger partial charge on any atom is 0.416 e. The fourth-order valence-electron chi connectivity index (χ4n) is 1.55. The van der Waals surface area contributed by atoms with Crippen LogP contribution in [0.4, 0.5) is 13.2 Å². The molecule has 0 unspecified atom stereocenters. The first-order valence-electron chi connectivity index (χ1n) is 5.64. The Kier molecular flexibility index (Phi) is 3.73. The van der Waals surface area contributed by atoms with E-state index >= 15 is 0 Å². The van der Waals surface area contributed by atoms with Crippen LogP contribution in [0, 0.1) is 0 Å². The second kappa shape index (κ2) is 5.32. The number of hydrogen-bond acceptors (Lipinski definition) is 3. The van der Waals surface area contributed by atoms with Crippen LogP contribution in [-0.2, 0) is 15.8 Å². The molecule has 2 amide bonds. The van der Waals surface area contributed by atoms with Gasteiger partial charge in [-0.2, -0.15) is 18.3 Å². The molecular weight excluding hydrogens is 275 g/mol. The van der Waals surface area contributed by atoms with E-state index < -0.39 is 11.7 Å². The van der Waals surface area contributed by atoms with Crippen molar-refractivity contribution >= 4 is 18.0 Å². The second-order valence-corrected chi connectivity index (χ2v) is 4.09. The predicted octanol–water partition coefficient (Wildman–Crippen LogP) is 0.998. The number of carbonyl (C=O) groups excluding carboxylic acids is 2. The lowest BCUT2D eigenvalue weighted by molar-refractivity contribution is -0.140. The quantitative estimate of drug-likeness (QED) is 0.824. The fraction of sp³-hybridized carbons (Fsp3) is 0.250. The number of nitrogens with zero attached hydrogens (tertiary/aromatic N) is 2. The number of carbonyl (C=O) groups is 2. The summed E-state index contributed by atoms with van der Waals surface area (Å²) in [5, 5.41) is 7.12. The van der Waals surface area contributed by atoms with Crippen LogP contribution in [0.2, 0.25) is 0 Å². The van der Waals surface area contributed by atoms with Crippen LogP contribution < -0.4 is 5.32 Å². The van der Waals surface area contributed by atoms with E-state index in [-0.39, 0.29) is 24.9 Å². The van der Waals surface area contributed by atoms with E-state index in [0.717, 1.165) is 17.1 Å². The summed E-state index contributed by atoms with van der Waals surface area (Å²) in [4.78, 5) is 22.5. The van der Waals surface area contributed by atoms with Crippen molar-refractivity contribution in [3.63, 3.8) is 0 Å². The van der Waals surface area contributed by atoms with Crippen molar-refractivity contribution in [3.05, 3.63) is 35.4 Å². The van der Waals surface area contributed by atoms with Crippen LogP contribution >= 0.6 is 0 Å². The molecule has 0 aromatic heterocycles. The lowest BCUT2D eigenvalue weighted by Crippen LogP contribution is -2.49. The summed E-state index contributed by atoms with van der Waals surface area (Å²) >= 11 is 0. The Morgan fingerprint density at radius 3 is 2.45 bits per heavy atom. The van der Waals surface area contributed by atoms with Gasteiger partial charge in [-0.05, 0) is 17.7 Å². The molecule has 1 aromatic rings. The number of alkyl halides is 3. The van der Waals surface area contributed by atoms with Gasteiger partial charge in [0.05, 0.1) is 18.3 Å². The minimum Gasteiger partial charge on any atom is -0.345 e. The summed E-state index contributed by atoms with van der Waals surface area (Å²) < 4.78 is 37.1. The number of piperazine rings is 1. The highest BCUT2D eigenvalue weighted by Gasteiger charge is 2.29. The summed E-state index contributed by atoms with van der Waals surface area (Å²) in [5.74, 6) is -0.720. The van der Waals surface area contributed by atoms with Gasteiger partial charge < -0.3 is 5.32 Å². The monoisotopic (exact) mass is 285 g/mol. The van der Waals surface area contributed by atoms with Crippen molar-refractivity contribution in [2.75, 3.05) is 13.1 Å². The molecule has 106 valence electrons. The number of nitrogens with one attached hydrogen (secondary N) is 1. The van der Waals surface area contributed by atoms with Gasteiger partial charge in [-0.15, -0.1) is 0 Å². The Bertz CT molecular complexity index is 552. The van der Waals surface area contributed by atoms with Crippen LogP contribution in [0.15, 0.2) is 29.4 Å². The number of amides is 2. The summed E-state index contributed by atoms with van der Waals surface area (Å²) in [6.45, 7) is -0.334. The number of hydrogen-bond donors (Lipinski definition) is 1. The zero-order valence-electron chi connectivity index (χ0n) is 10.1. The van der Waals surface area contributed by atoms with Gasteiger partial charge in [0, 0.05) is 0 Å². The summed E-state index contributed by atoms with van der Waals surface area (Å²) in [7, 11) is 0. The third kappa shape index (κ3) is 3.34. The van der Waals surface area contributed by atoms with Gasteiger partial charge in [0.1, 0.15) is 6.54 Å². The minimum absolute atomic E-state index is 0.136. The first-order chi connectivity index (χ1) is 9.36. The van der Waals surface area contributed by atoms with E-state index in [2.05, 4.69) is 10.4 Å². The van der Waals surface area contributed by atoms with Gasteiger partial charge in [0.15, 0.2) is 0 Å². The van der Waals surface area contributed by atoms with Gasteiger partial charge in [-0.1, -0.05) is 12.1 Å². The molecule has 1 heterocycles. The molecule has 0 bridgehead atoms. The standard InChI is InChI=1S/C12H10F3N3O2/c13-12(14,15)9-3-1-8(2-4-9)5-17-18-7-10(19)16-6-11(18)20/h1-5H,6-7H2,(H,16,19). The fourth-order valence-corrected chi connectivity index (χ4v) is 1.55. The van der Waals surface area contributed by atoms with Gasteiger partial charge in [-0.25, -0.2) is 5.01 Å². The van der Waals surface area contributed by atoms with Crippen molar-refractivity contribution < 1.29 is 22.8 Å². The van der Waals surface area contributed by atoms with Crippen molar-refractivity contribution in [2.45, 2.75) is 6.18 Å². The Morgan fingerprint density at radius 1 is 1.20 bits per heavy atom. The van der Waals surface area contributed by atoms with Crippen molar-refractivity contribution in [1.29, 1.82) is 0 Å². The third-order valence-electron chi connectivity index (χ3n) is 2.60. The molecule has 0 saturated carbocycles. The lowest BCUT2D eigenvalue weighted by atomic mass is 10.1. The van der Waals surface area contributed by atoms with E-state index in [9.17, 15) is 22.8 Å². The second-order valence-electron chi connectivity index (χ2n) is 4.09. The highest BCUT2D eigenvalue weighted by Crippen LogP contribution is 2.28. The molecule has 8 heteroatoms. The summed E-state index contributed by atoms with van der Waals surface area (Å²) in [6.07, 6.45) is -3.16. The molecule has 20 heavy (non-hydrogen) atoms.